The van der Waals surface area contributed by atoms with E-state index in [9.17, 15) is 0 Å². The predicted octanol–water partition coefficient (Wildman–Crippen LogP) is 4.01. The number of benzene rings is 2. The van der Waals surface area contributed by atoms with Gasteiger partial charge < -0.3 is 10.1 Å². The highest BCUT2D eigenvalue weighted by molar-refractivity contribution is 9.10. The van der Waals surface area contributed by atoms with Crippen molar-refractivity contribution in [3.63, 3.8) is 0 Å². The van der Waals surface area contributed by atoms with Crippen LogP contribution in [0.25, 0.3) is 0 Å². The Balaban J connectivity index is 2.07. The standard InChI is InChI=1S/C18H22BrNO/c1-21-12-11-20-14-17(15-7-3-2-4-8-15)13-16-9-5-6-10-18(16)19/h2-10,17,20H,11-14H2,1H3. The normalized spacial score (nSPS) is 12.3. The SMILES string of the molecule is COCCNCC(Cc1ccccc1Br)c1ccccc1. The second-order valence-electron chi connectivity index (χ2n) is 5.10. The molecule has 2 aromatic carbocycles. The molecule has 2 aromatic rings. The molecule has 0 aromatic heterocycles. The molecule has 0 aliphatic rings. The van der Waals surface area contributed by atoms with Crippen LogP contribution in [-0.4, -0.2) is 26.8 Å². The summed E-state index contributed by atoms with van der Waals surface area (Å²) in [7, 11) is 1.73. The van der Waals surface area contributed by atoms with Gasteiger partial charge in [-0.2, -0.15) is 0 Å². The lowest BCUT2D eigenvalue weighted by Crippen LogP contribution is -2.26. The van der Waals surface area contributed by atoms with Gasteiger partial charge in [0.25, 0.3) is 0 Å². The average Bonchev–Trinajstić information content (AvgIpc) is 2.53. The lowest BCUT2D eigenvalue weighted by atomic mass is 9.92. The molecule has 3 heteroatoms. The Morgan fingerprint density at radius 1 is 1.05 bits per heavy atom. The molecule has 1 unspecified atom stereocenters. The van der Waals surface area contributed by atoms with Crippen molar-refractivity contribution in [3.8, 4) is 0 Å². The fourth-order valence-electron chi connectivity index (χ4n) is 2.41. The molecular formula is C18H22BrNO. The van der Waals surface area contributed by atoms with Crippen molar-refractivity contribution in [1.82, 2.24) is 5.32 Å². The molecule has 0 radical (unpaired) electrons. The van der Waals surface area contributed by atoms with Crippen LogP contribution >= 0.6 is 15.9 Å². The van der Waals surface area contributed by atoms with Crippen molar-refractivity contribution in [2.75, 3.05) is 26.8 Å². The Morgan fingerprint density at radius 3 is 2.48 bits per heavy atom. The molecule has 0 fully saturated rings. The summed E-state index contributed by atoms with van der Waals surface area (Å²) in [6.07, 6.45) is 1.02. The van der Waals surface area contributed by atoms with Gasteiger partial charge in [-0.25, -0.2) is 0 Å². The summed E-state index contributed by atoms with van der Waals surface area (Å²) in [4.78, 5) is 0. The molecule has 0 aliphatic heterocycles. The summed E-state index contributed by atoms with van der Waals surface area (Å²) in [5, 5.41) is 3.48. The van der Waals surface area contributed by atoms with Crippen LogP contribution in [0.4, 0.5) is 0 Å². The Labute approximate surface area is 135 Å². The molecule has 0 amide bonds. The first-order valence-corrected chi connectivity index (χ1v) is 8.08. The van der Waals surface area contributed by atoms with Crippen LogP contribution in [0.2, 0.25) is 0 Å². The maximum Gasteiger partial charge on any atom is 0.0587 e. The van der Waals surface area contributed by atoms with Crippen molar-refractivity contribution in [1.29, 1.82) is 0 Å². The van der Waals surface area contributed by atoms with Crippen LogP contribution in [0, 0.1) is 0 Å². The van der Waals surface area contributed by atoms with Crippen molar-refractivity contribution in [2.24, 2.45) is 0 Å². The summed E-state index contributed by atoms with van der Waals surface area (Å²) in [5.41, 5.74) is 2.72. The van der Waals surface area contributed by atoms with Gasteiger partial charge in [0.15, 0.2) is 0 Å². The predicted molar refractivity (Wildman–Crippen MR) is 91.8 cm³/mol. The zero-order valence-electron chi connectivity index (χ0n) is 12.4. The zero-order valence-corrected chi connectivity index (χ0v) is 14.0. The van der Waals surface area contributed by atoms with E-state index in [4.69, 9.17) is 4.74 Å². The van der Waals surface area contributed by atoms with Crippen molar-refractivity contribution in [3.05, 3.63) is 70.2 Å². The van der Waals surface area contributed by atoms with Gasteiger partial charge >= 0.3 is 0 Å². The van der Waals surface area contributed by atoms with Gasteiger partial charge in [-0.05, 0) is 23.6 Å². The van der Waals surface area contributed by atoms with Crippen LogP contribution in [0.5, 0.6) is 0 Å². The topological polar surface area (TPSA) is 21.3 Å². The summed E-state index contributed by atoms with van der Waals surface area (Å²) in [6, 6.07) is 19.2. The van der Waals surface area contributed by atoms with Crippen molar-refractivity contribution in [2.45, 2.75) is 12.3 Å². The molecule has 21 heavy (non-hydrogen) atoms. The van der Waals surface area contributed by atoms with E-state index in [-0.39, 0.29) is 0 Å². The minimum Gasteiger partial charge on any atom is -0.383 e. The van der Waals surface area contributed by atoms with Crippen LogP contribution in [0.15, 0.2) is 59.1 Å². The first-order chi connectivity index (χ1) is 10.3. The fraction of sp³-hybridized carbons (Fsp3) is 0.333. The molecule has 0 saturated carbocycles. The third-order valence-electron chi connectivity index (χ3n) is 3.57. The van der Waals surface area contributed by atoms with Crippen LogP contribution in [0.3, 0.4) is 0 Å². The van der Waals surface area contributed by atoms with Crippen LogP contribution < -0.4 is 5.32 Å². The van der Waals surface area contributed by atoms with Gasteiger partial charge in [0.05, 0.1) is 6.61 Å². The number of hydrogen-bond acceptors (Lipinski definition) is 2. The van der Waals surface area contributed by atoms with Crippen molar-refractivity contribution >= 4 is 15.9 Å². The number of halogens is 1. The molecule has 0 bridgehead atoms. The molecule has 0 heterocycles. The van der Waals surface area contributed by atoms with E-state index in [2.05, 4.69) is 75.8 Å². The number of methoxy groups -OCH3 is 1. The molecule has 112 valence electrons. The number of hydrogen-bond donors (Lipinski definition) is 1. The maximum absolute atomic E-state index is 5.10. The second kappa shape index (κ2) is 8.98. The van der Waals surface area contributed by atoms with Gasteiger partial charge in [0.1, 0.15) is 0 Å². The number of ether oxygens (including phenoxy) is 1. The highest BCUT2D eigenvalue weighted by atomic mass is 79.9. The quantitative estimate of drug-likeness (QED) is 0.728. The molecular weight excluding hydrogens is 326 g/mol. The van der Waals surface area contributed by atoms with Crippen LogP contribution in [-0.2, 0) is 11.2 Å². The maximum atomic E-state index is 5.10. The van der Waals surface area contributed by atoms with Crippen molar-refractivity contribution < 1.29 is 4.74 Å². The zero-order chi connectivity index (χ0) is 14.9. The lowest BCUT2D eigenvalue weighted by molar-refractivity contribution is 0.199. The summed E-state index contributed by atoms with van der Waals surface area (Å²) < 4.78 is 6.28. The Bertz CT molecular complexity index is 530. The van der Waals surface area contributed by atoms with Gasteiger partial charge in [-0.15, -0.1) is 0 Å². The van der Waals surface area contributed by atoms with Gasteiger partial charge in [0.2, 0.25) is 0 Å². The van der Waals surface area contributed by atoms with Crippen LogP contribution in [0.1, 0.15) is 17.0 Å². The highest BCUT2D eigenvalue weighted by Gasteiger charge is 2.13. The summed E-state index contributed by atoms with van der Waals surface area (Å²) >= 11 is 3.65. The smallest absolute Gasteiger partial charge is 0.0587 e. The Morgan fingerprint density at radius 2 is 1.76 bits per heavy atom. The lowest BCUT2D eigenvalue weighted by Gasteiger charge is -2.19. The number of rotatable bonds is 8. The molecule has 1 atom stereocenters. The van der Waals surface area contributed by atoms with E-state index >= 15 is 0 Å². The first kappa shape index (κ1) is 16.2. The van der Waals surface area contributed by atoms with E-state index in [1.807, 2.05) is 0 Å². The van der Waals surface area contributed by atoms with Gasteiger partial charge in [-0.1, -0.05) is 64.5 Å². The molecule has 1 N–H and O–H groups in total. The average molecular weight is 348 g/mol. The van der Waals surface area contributed by atoms with E-state index in [0.29, 0.717) is 5.92 Å². The third-order valence-corrected chi connectivity index (χ3v) is 4.34. The van der Waals surface area contributed by atoms with Gasteiger partial charge in [-0.3, -0.25) is 0 Å². The summed E-state index contributed by atoms with van der Waals surface area (Å²) in [5.74, 6) is 0.460. The molecule has 2 nitrogen and oxygen atoms in total. The fourth-order valence-corrected chi connectivity index (χ4v) is 2.86. The summed E-state index contributed by atoms with van der Waals surface area (Å²) in [6.45, 7) is 2.58. The van der Waals surface area contributed by atoms with E-state index in [1.165, 1.54) is 15.6 Å². The number of nitrogens with one attached hydrogen (secondary N) is 1. The first-order valence-electron chi connectivity index (χ1n) is 7.29. The molecule has 2 rings (SSSR count). The Kier molecular flexibility index (Phi) is 6.93. The Hall–Kier alpha value is -1.16. The molecule has 0 spiro atoms. The van der Waals surface area contributed by atoms with E-state index in [1.54, 1.807) is 7.11 Å². The largest absolute Gasteiger partial charge is 0.383 e. The van der Waals surface area contributed by atoms with E-state index < -0.39 is 0 Å². The monoisotopic (exact) mass is 347 g/mol. The molecule has 0 saturated heterocycles. The minimum atomic E-state index is 0.460. The third kappa shape index (κ3) is 5.27. The highest BCUT2D eigenvalue weighted by Crippen LogP contribution is 2.25. The molecule has 0 aliphatic carbocycles. The minimum absolute atomic E-state index is 0.460. The second-order valence-corrected chi connectivity index (χ2v) is 5.95. The van der Waals surface area contributed by atoms with E-state index in [0.717, 1.165) is 26.1 Å². The van der Waals surface area contributed by atoms with Gasteiger partial charge in [0, 0.05) is 30.6 Å².